The molecule has 0 N–H and O–H groups in total. The van der Waals surface area contributed by atoms with Gasteiger partial charge in [-0.15, -0.1) is 0 Å². The van der Waals surface area contributed by atoms with Gasteiger partial charge < -0.3 is 4.74 Å². The molecule has 1 heteroatoms. The van der Waals surface area contributed by atoms with Crippen LogP contribution >= 0.6 is 0 Å². The van der Waals surface area contributed by atoms with E-state index in [4.69, 9.17) is 4.74 Å². The summed E-state index contributed by atoms with van der Waals surface area (Å²) in [6.07, 6.45) is 7.02. The zero-order valence-corrected chi connectivity index (χ0v) is 12.3. The van der Waals surface area contributed by atoms with Gasteiger partial charge >= 0.3 is 0 Å². The Morgan fingerprint density at radius 1 is 0.812 bits per heavy atom. The molecular weight excluding hydrogens is 196 g/mol. The second kappa shape index (κ2) is 9.04. The molecule has 0 heterocycles. The minimum Gasteiger partial charge on any atom is -0.382 e. The van der Waals surface area contributed by atoms with Gasteiger partial charge in [-0.3, -0.25) is 0 Å². The van der Waals surface area contributed by atoms with Gasteiger partial charge in [-0.1, -0.05) is 47.0 Å². The molecule has 0 aliphatic heterocycles. The van der Waals surface area contributed by atoms with Crippen molar-refractivity contribution in [2.24, 2.45) is 17.8 Å². The van der Waals surface area contributed by atoms with Crippen LogP contribution in [0.15, 0.2) is 0 Å². The molecule has 1 nitrogen and oxygen atoms in total. The van der Waals surface area contributed by atoms with E-state index in [0.29, 0.717) is 6.10 Å². The number of rotatable bonds is 9. The fourth-order valence-electron chi connectivity index (χ4n) is 1.94. The summed E-state index contributed by atoms with van der Waals surface area (Å²) >= 11 is 0. The number of ether oxygens (including phenoxy) is 1. The van der Waals surface area contributed by atoms with Crippen LogP contribution in [0.3, 0.4) is 0 Å². The molecule has 0 aromatic heterocycles. The smallest absolute Gasteiger partial charge is 0.0543 e. The van der Waals surface area contributed by atoms with Crippen molar-refractivity contribution in [2.45, 2.75) is 72.8 Å². The number of methoxy groups -OCH3 is 1. The van der Waals surface area contributed by atoms with Crippen LogP contribution in [-0.2, 0) is 4.74 Å². The van der Waals surface area contributed by atoms with Crippen molar-refractivity contribution < 1.29 is 4.74 Å². The summed E-state index contributed by atoms with van der Waals surface area (Å²) in [6.45, 7) is 11.6. The maximum atomic E-state index is 5.30. The summed E-state index contributed by atoms with van der Waals surface area (Å²) in [5, 5.41) is 0. The van der Waals surface area contributed by atoms with E-state index in [-0.39, 0.29) is 0 Å². The van der Waals surface area contributed by atoms with E-state index in [1.54, 1.807) is 0 Å². The quantitative estimate of drug-likeness (QED) is 0.545. The average molecular weight is 228 g/mol. The summed E-state index contributed by atoms with van der Waals surface area (Å²) in [5.41, 5.74) is 0. The van der Waals surface area contributed by atoms with Gasteiger partial charge in [0, 0.05) is 7.11 Å². The third-order valence-electron chi connectivity index (χ3n) is 4.21. The molecule has 4 unspecified atom stereocenters. The lowest BCUT2D eigenvalue weighted by atomic mass is 9.85. The lowest BCUT2D eigenvalue weighted by Crippen LogP contribution is -2.13. The predicted molar refractivity (Wildman–Crippen MR) is 72.7 cm³/mol. The molecule has 0 saturated carbocycles. The minimum atomic E-state index is 0.421. The van der Waals surface area contributed by atoms with E-state index in [1.807, 2.05) is 7.11 Å². The maximum Gasteiger partial charge on any atom is 0.0543 e. The van der Waals surface area contributed by atoms with Crippen molar-refractivity contribution in [1.82, 2.24) is 0 Å². The molecular formula is C15H32O. The Kier molecular flexibility index (Phi) is 9.02. The second-order valence-corrected chi connectivity index (χ2v) is 5.67. The SMILES string of the molecule is CCC(C)CCC(C)C(C)CCC(C)OC. The van der Waals surface area contributed by atoms with Crippen LogP contribution in [-0.4, -0.2) is 13.2 Å². The van der Waals surface area contributed by atoms with E-state index in [2.05, 4.69) is 34.6 Å². The molecule has 0 aromatic rings. The van der Waals surface area contributed by atoms with Crippen LogP contribution < -0.4 is 0 Å². The van der Waals surface area contributed by atoms with E-state index in [9.17, 15) is 0 Å². The van der Waals surface area contributed by atoms with Gasteiger partial charge in [-0.25, -0.2) is 0 Å². The summed E-state index contributed by atoms with van der Waals surface area (Å²) < 4.78 is 5.30. The molecule has 0 radical (unpaired) electrons. The average Bonchev–Trinajstić information content (AvgIpc) is 2.31. The highest BCUT2D eigenvalue weighted by Crippen LogP contribution is 2.25. The third kappa shape index (κ3) is 7.27. The Labute approximate surface area is 103 Å². The van der Waals surface area contributed by atoms with Crippen LogP contribution in [0, 0.1) is 17.8 Å². The fourth-order valence-corrected chi connectivity index (χ4v) is 1.94. The van der Waals surface area contributed by atoms with Gasteiger partial charge in [0.15, 0.2) is 0 Å². The molecule has 0 saturated heterocycles. The largest absolute Gasteiger partial charge is 0.382 e. The summed E-state index contributed by atoms with van der Waals surface area (Å²) in [7, 11) is 1.81. The van der Waals surface area contributed by atoms with Crippen LogP contribution in [0.2, 0.25) is 0 Å². The van der Waals surface area contributed by atoms with Gasteiger partial charge in [0.2, 0.25) is 0 Å². The highest BCUT2D eigenvalue weighted by atomic mass is 16.5. The Morgan fingerprint density at radius 3 is 1.75 bits per heavy atom. The van der Waals surface area contributed by atoms with Gasteiger partial charge in [-0.2, -0.15) is 0 Å². The molecule has 0 fully saturated rings. The second-order valence-electron chi connectivity index (χ2n) is 5.67. The molecule has 0 aliphatic carbocycles. The molecule has 0 amide bonds. The Hall–Kier alpha value is -0.0400. The van der Waals surface area contributed by atoms with Crippen molar-refractivity contribution in [3.8, 4) is 0 Å². The van der Waals surface area contributed by atoms with Crippen molar-refractivity contribution >= 4 is 0 Å². The topological polar surface area (TPSA) is 9.23 Å². The van der Waals surface area contributed by atoms with Crippen LogP contribution in [0.1, 0.15) is 66.7 Å². The Morgan fingerprint density at radius 2 is 1.31 bits per heavy atom. The molecule has 16 heavy (non-hydrogen) atoms. The maximum absolute atomic E-state index is 5.30. The van der Waals surface area contributed by atoms with E-state index in [1.165, 1.54) is 32.1 Å². The highest BCUT2D eigenvalue weighted by Gasteiger charge is 2.14. The number of hydrogen-bond donors (Lipinski definition) is 0. The molecule has 0 aromatic carbocycles. The lowest BCUT2D eigenvalue weighted by molar-refractivity contribution is 0.101. The monoisotopic (exact) mass is 228 g/mol. The first-order valence-electron chi connectivity index (χ1n) is 7.04. The Bertz CT molecular complexity index is 138. The number of hydrogen-bond acceptors (Lipinski definition) is 1. The summed E-state index contributed by atoms with van der Waals surface area (Å²) in [5.74, 6) is 2.59. The van der Waals surface area contributed by atoms with Crippen molar-refractivity contribution in [3.05, 3.63) is 0 Å². The fraction of sp³-hybridized carbons (Fsp3) is 1.00. The highest BCUT2D eigenvalue weighted by molar-refractivity contribution is 4.65. The van der Waals surface area contributed by atoms with Gasteiger partial charge in [0.25, 0.3) is 0 Å². The molecule has 0 bridgehead atoms. The van der Waals surface area contributed by atoms with E-state index >= 15 is 0 Å². The first-order chi connectivity index (χ1) is 7.51. The molecule has 98 valence electrons. The zero-order valence-electron chi connectivity index (χ0n) is 12.3. The van der Waals surface area contributed by atoms with Gasteiger partial charge in [0.1, 0.15) is 0 Å². The normalized spacial score (nSPS) is 19.1. The third-order valence-corrected chi connectivity index (χ3v) is 4.21. The van der Waals surface area contributed by atoms with Crippen LogP contribution in [0.25, 0.3) is 0 Å². The standard InChI is InChI=1S/C15H32O/c1-7-12(2)8-9-13(3)14(4)10-11-15(5)16-6/h12-15H,7-11H2,1-6H3. The summed E-state index contributed by atoms with van der Waals surface area (Å²) in [4.78, 5) is 0. The Balaban J connectivity index is 3.68. The first kappa shape index (κ1) is 16.0. The van der Waals surface area contributed by atoms with E-state index in [0.717, 1.165) is 17.8 Å². The predicted octanol–water partition coefficient (Wildman–Crippen LogP) is 4.90. The van der Waals surface area contributed by atoms with Crippen molar-refractivity contribution in [2.75, 3.05) is 7.11 Å². The molecule has 0 rings (SSSR count). The van der Waals surface area contributed by atoms with Crippen molar-refractivity contribution in [3.63, 3.8) is 0 Å². The van der Waals surface area contributed by atoms with E-state index < -0.39 is 0 Å². The molecule has 0 aliphatic rings. The van der Waals surface area contributed by atoms with Crippen molar-refractivity contribution in [1.29, 1.82) is 0 Å². The van der Waals surface area contributed by atoms with Crippen LogP contribution in [0.4, 0.5) is 0 Å². The zero-order chi connectivity index (χ0) is 12.6. The lowest BCUT2D eigenvalue weighted by Gasteiger charge is -2.22. The van der Waals surface area contributed by atoms with Gasteiger partial charge in [0.05, 0.1) is 6.10 Å². The first-order valence-corrected chi connectivity index (χ1v) is 7.04. The molecule has 0 spiro atoms. The minimum absolute atomic E-state index is 0.421. The summed E-state index contributed by atoms with van der Waals surface area (Å²) in [6, 6.07) is 0. The van der Waals surface area contributed by atoms with Crippen LogP contribution in [0.5, 0.6) is 0 Å². The van der Waals surface area contributed by atoms with Gasteiger partial charge in [-0.05, 0) is 37.5 Å². The molecule has 4 atom stereocenters.